The summed E-state index contributed by atoms with van der Waals surface area (Å²) >= 11 is 0. The number of carbonyl (C=O) groups is 1. The van der Waals surface area contributed by atoms with E-state index in [0.717, 1.165) is 12.1 Å². The minimum atomic E-state index is -1.00. The van der Waals surface area contributed by atoms with Crippen molar-refractivity contribution in [1.29, 1.82) is 5.26 Å². The van der Waals surface area contributed by atoms with Crippen molar-refractivity contribution in [3.63, 3.8) is 0 Å². The molecule has 0 aliphatic carbocycles. The van der Waals surface area contributed by atoms with E-state index in [1.165, 1.54) is 6.07 Å². The third-order valence-corrected chi connectivity index (χ3v) is 2.15. The maximum Gasteiger partial charge on any atom is 0.323 e. The highest BCUT2D eigenvalue weighted by molar-refractivity contribution is 5.75. The SMILES string of the molecule is CCOC(=O)C(C#N)Cc1ccc(F)c(F)c1. The molecular weight excluding hydrogens is 228 g/mol. The summed E-state index contributed by atoms with van der Waals surface area (Å²) in [6, 6.07) is 5.05. The molecule has 17 heavy (non-hydrogen) atoms. The van der Waals surface area contributed by atoms with Crippen LogP contribution in [-0.2, 0) is 16.0 Å². The Balaban J connectivity index is 2.78. The number of hydrogen-bond donors (Lipinski definition) is 0. The molecule has 0 heterocycles. The van der Waals surface area contributed by atoms with Crippen LogP contribution < -0.4 is 0 Å². The highest BCUT2D eigenvalue weighted by atomic mass is 19.2. The van der Waals surface area contributed by atoms with Crippen molar-refractivity contribution in [3.8, 4) is 6.07 Å². The van der Waals surface area contributed by atoms with E-state index in [2.05, 4.69) is 0 Å². The van der Waals surface area contributed by atoms with Crippen LogP contribution in [0.1, 0.15) is 12.5 Å². The number of ether oxygens (including phenoxy) is 1. The summed E-state index contributed by atoms with van der Waals surface area (Å²) in [5, 5.41) is 8.79. The Morgan fingerprint density at radius 2 is 2.18 bits per heavy atom. The summed E-state index contributed by atoms with van der Waals surface area (Å²) in [6.45, 7) is 1.80. The average Bonchev–Trinajstić information content (AvgIpc) is 2.30. The second kappa shape index (κ2) is 5.94. The van der Waals surface area contributed by atoms with Crippen molar-refractivity contribution in [3.05, 3.63) is 35.4 Å². The van der Waals surface area contributed by atoms with Crippen LogP contribution in [-0.4, -0.2) is 12.6 Å². The molecule has 1 aromatic rings. The molecule has 1 rings (SSSR count). The number of esters is 1. The normalized spacial score (nSPS) is 11.6. The maximum atomic E-state index is 12.9. The van der Waals surface area contributed by atoms with Crippen molar-refractivity contribution in [2.45, 2.75) is 13.3 Å². The van der Waals surface area contributed by atoms with E-state index in [1.54, 1.807) is 13.0 Å². The topological polar surface area (TPSA) is 50.1 Å². The van der Waals surface area contributed by atoms with Gasteiger partial charge in [-0.05, 0) is 31.0 Å². The third-order valence-electron chi connectivity index (χ3n) is 2.15. The standard InChI is InChI=1S/C12H11F2NO2/c1-2-17-12(16)9(7-15)5-8-3-4-10(13)11(14)6-8/h3-4,6,9H,2,5H2,1H3. The summed E-state index contributed by atoms with van der Waals surface area (Å²) < 4.78 is 30.3. The van der Waals surface area contributed by atoms with Gasteiger partial charge in [-0.2, -0.15) is 5.26 Å². The van der Waals surface area contributed by atoms with E-state index in [1.807, 2.05) is 0 Å². The molecule has 5 heteroatoms. The number of benzene rings is 1. The molecule has 0 N–H and O–H groups in total. The van der Waals surface area contributed by atoms with Crippen LogP contribution in [0.25, 0.3) is 0 Å². The lowest BCUT2D eigenvalue weighted by atomic mass is 10.0. The van der Waals surface area contributed by atoms with Crippen LogP contribution in [0.5, 0.6) is 0 Å². The van der Waals surface area contributed by atoms with E-state index in [0.29, 0.717) is 5.56 Å². The monoisotopic (exact) mass is 239 g/mol. The number of hydrogen-bond acceptors (Lipinski definition) is 3. The van der Waals surface area contributed by atoms with Gasteiger partial charge in [-0.25, -0.2) is 8.78 Å². The van der Waals surface area contributed by atoms with Gasteiger partial charge in [0.25, 0.3) is 0 Å². The molecule has 0 saturated carbocycles. The van der Waals surface area contributed by atoms with Crippen LogP contribution in [0.4, 0.5) is 8.78 Å². The molecule has 0 saturated heterocycles. The number of halogens is 2. The molecule has 0 aromatic heterocycles. The first-order valence-electron chi connectivity index (χ1n) is 5.08. The molecule has 0 fully saturated rings. The van der Waals surface area contributed by atoms with Crippen LogP contribution in [0.2, 0.25) is 0 Å². The first kappa shape index (κ1) is 13.1. The largest absolute Gasteiger partial charge is 0.465 e. The molecule has 1 atom stereocenters. The Bertz CT molecular complexity index is 454. The predicted octanol–water partition coefficient (Wildman–Crippen LogP) is 2.21. The van der Waals surface area contributed by atoms with Crippen LogP contribution in [0, 0.1) is 28.9 Å². The zero-order chi connectivity index (χ0) is 12.8. The van der Waals surface area contributed by atoms with Gasteiger partial charge in [0.1, 0.15) is 5.92 Å². The quantitative estimate of drug-likeness (QED) is 0.757. The van der Waals surface area contributed by atoms with Gasteiger partial charge in [-0.3, -0.25) is 4.79 Å². The molecule has 0 bridgehead atoms. The number of rotatable bonds is 4. The van der Waals surface area contributed by atoms with Gasteiger partial charge in [-0.1, -0.05) is 6.07 Å². The second-order valence-corrected chi connectivity index (χ2v) is 3.39. The van der Waals surface area contributed by atoms with Crippen molar-refractivity contribution in [2.75, 3.05) is 6.61 Å². The molecule has 90 valence electrons. The van der Waals surface area contributed by atoms with Crippen LogP contribution in [0.3, 0.4) is 0 Å². The summed E-state index contributed by atoms with van der Waals surface area (Å²) in [6.07, 6.45) is 0.00648. The van der Waals surface area contributed by atoms with Crippen LogP contribution >= 0.6 is 0 Å². The minimum absolute atomic E-state index is 0.00648. The molecule has 0 aliphatic rings. The van der Waals surface area contributed by atoms with Crippen molar-refractivity contribution >= 4 is 5.97 Å². The van der Waals surface area contributed by atoms with Gasteiger partial charge in [-0.15, -0.1) is 0 Å². The molecule has 0 radical (unpaired) electrons. The van der Waals surface area contributed by atoms with Gasteiger partial charge in [0.15, 0.2) is 11.6 Å². The fraction of sp³-hybridized carbons (Fsp3) is 0.333. The van der Waals surface area contributed by atoms with E-state index in [9.17, 15) is 13.6 Å². The van der Waals surface area contributed by atoms with E-state index in [4.69, 9.17) is 10.00 Å². The molecule has 0 aliphatic heterocycles. The lowest BCUT2D eigenvalue weighted by Crippen LogP contribution is -2.18. The summed E-state index contributed by atoms with van der Waals surface area (Å²) in [4.78, 5) is 11.3. The van der Waals surface area contributed by atoms with E-state index in [-0.39, 0.29) is 13.0 Å². The summed E-state index contributed by atoms with van der Waals surface area (Å²) in [5.74, 6) is -3.61. The zero-order valence-electron chi connectivity index (χ0n) is 9.24. The lowest BCUT2D eigenvalue weighted by molar-refractivity contribution is -0.145. The first-order chi connectivity index (χ1) is 8.08. The third kappa shape index (κ3) is 3.52. The first-order valence-corrected chi connectivity index (χ1v) is 5.08. The van der Waals surface area contributed by atoms with Crippen molar-refractivity contribution < 1.29 is 18.3 Å². The zero-order valence-corrected chi connectivity index (χ0v) is 9.24. The molecule has 1 unspecified atom stereocenters. The Hall–Kier alpha value is -1.96. The molecule has 0 spiro atoms. The fourth-order valence-corrected chi connectivity index (χ4v) is 1.33. The molecular formula is C12H11F2NO2. The minimum Gasteiger partial charge on any atom is -0.465 e. The highest BCUT2D eigenvalue weighted by Crippen LogP contribution is 2.14. The Morgan fingerprint density at radius 3 is 2.71 bits per heavy atom. The van der Waals surface area contributed by atoms with Gasteiger partial charge in [0, 0.05) is 0 Å². The van der Waals surface area contributed by atoms with E-state index >= 15 is 0 Å². The van der Waals surface area contributed by atoms with Crippen molar-refractivity contribution in [2.24, 2.45) is 5.92 Å². The number of nitriles is 1. The van der Waals surface area contributed by atoms with Gasteiger partial charge >= 0.3 is 5.97 Å². The number of nitrogens with zero attached hydrogens (tertiary/aromatic N) is 1. The average molecular weight is 239 g/mol. The maximum absolute atomic E-state index is 12.9. The summed E-state index contributed by atoms with van der Waals surface area (Å²) in [5.41, 5.74) is 0.378. The van der Waals surface area contributed by atoms with E-state index < -0.39 is 23.5 Å². The van der Waals surface area contributed by atoms with Crippen LogP contribution in [0.15, 0.2) is 18.2 Å². The highest BCUT2D eigenvalue weighted by Gasteiger charge is 2.20. The van der Waals surface area contributed by atoms with Gasteiger partial charge < -0.3 is 4.74 Å². The second-order valence-electron chi connectivity index (χ2n) is 3.39. The fourth-order valence-electron chi connectivity index (χ4n) is 1.33. The predicted molar refractivity (Wildman–Crippen MR) is 55.8 cm³/mol. The van der Waals surface area contributed by atoms with Gasteiger partial charge in [0.05, 0.1) is 12.7 Å². The Morgan fingerprint density at radius 1 is 1.47 bits per heavy atom. The van der Waals surface area contributed by atoms with Gasteiger partial charge in [0.2, 0.25) is 0 Å². The Kier molecular flexibility index (Phi) is 4.58. The van der Waals surface area contributed by atoms with Crippen molar-refractivity contribution in [1.82, 2.24) is 0 Å². The molecule has 1 aromatic carbocycles. The number of carbonyl (C=O) groups excluding carboxylic acids is 1. The smallest absolute Gasteiger partial charge is 0.323 e. The lowest BCUT2D eigenvalue weighted by Gasteiger charge is -2.08. The molecule has 0 amide bonds. The molecule has 3 nitrogen and oxygen atoms in total. The summed E-state index contributed by atoms with van der Waals surface area (Å²) in [7, 11) is 0. The Labute approximate surface area is 97.6 Å².